The Bertz CT molecular complexity index is 625. The molecule has 2 heterocycles. The van der Waals surface area contributed by atoms with Crippen molar-refractivity contribution < 1.29 is 18.4 Å². The summed E-state index contributed by atoms with van der Waals surface area (Å²) < 4.78 is 28.8. The van der Waals surface area contributed by atoms with E-state index >= 15 is 0 Å². The summed E-state index contributed by atoms with van der Waals surface area (Å²) in [5.74, 6) is 0.266. The number of hydrogen-bond donors (Lipinski definition) is 2. The Morgan fingerprint density at radius 3 is 2.40 bits per heavy atom. The zero-order chi connectivity index (χ0) is 21.4. The molecule has 30 heavy (non-hydrogen) atoms. The summed E-state index contributed by atoms with van der Waals surface area (Å²) in [5, 5.41) is 6.44. The highest BCUT2D eigenvalue weighted by Gasteiger charge is 2.46. The highest BCUT2D eigenvalue weighted by atomic mass is 19.1. The van der Waals surface area contributed by atoms with E-state index in [1.165, 1.54) is 0 Å². The zero-order valence-corrected chi connectivity index (χ0v) is 18.2. The number of halogens is 2. The lowest BCUT2D eigenvalue weighted by atomic mass is 9.77. The van der Waals surface area contributed by atoms with Crippen LogP contribution in [0.15, 0.2) is 0 Å². The molecule has 0 aromatic carbocycles. The Kier molecular flexibility index (Phi) is 6.63. The van der Waals surface area contributed by atoms with Crippen LogP contribution in [0.5, 0.6) is 0 Å². The van der Waals surface area contributed by atoms with Crippen LogP contribution in [-0.2, 0) is 9.59 Å². The number of carbonyl (C=O) groups is 2. The number of fused-ring (bicyclic) bond motifs is 1. The predicted octanol–water partition coefficient (Wildman–Crippen LogP) is 1.64. The van der Waals surface area contributed by atoms with Crippen molar-refractivity contribution >= 4 is 11.8 Å². The molecule has 2 N–H and O–H groups in total. The van der Waals surface area contributed by atoms with Gasteiger partial charge in [-0.1, -0.05) is 6.92 Å². The van der Waals surface area contributed by atoms with Gasteiger partial charge >= 0.3 is 0 Å². The summed E-state index contributed by atoms with van der Waals surface area (Å²) in [7, 11) is 0. The van der Waals surface area contributed by atoms with Crippen LogP contribution in [0.3, 0.4) is 0 Å². The fraction of sp³-hybridized carbons (Fsp3) is 0.909. The predicted molar refractivity (Wildman–Crippen MR) is 110 cm³/mol. The molecule has 0 aromatic rings. The van der Waals surface area contributed by atoms with Crippen molar-refractivity contribution in [3.05, 3.63) is 0 Å². The highest BCUT2D eigenvalue weighted by Crippen LogP contribution is 2.38. The van der Waals surface area contributed by atoms with Crippen molar-refractivity contribution in [2.24, 2.45) is 11.8 Å². The van der Waals surface area contributed by atoms with Crippen molar-refractivity contribution in [3.63, 3.8) is 0 Å². The summed E-state index contributed by atoms with van der Waals surface area (Å²) >= 11 is 0. The van der Waals surface area contributed by atoms with Gasteiger partial charge in [-0.3, -0.25) is 14.5 Å². The molecule has 4 fully saturated rings. The van der Waals surface area contributed by atoms with E-state index in [4.69, 9.17) is 0 Å². The van der Waals surface area contributed by atoms with Crippen LogP contribution >= 0.6 is 0 Å². The van der Waals surface area contributed by atoms with Gasteiger partial charge in [-0.05, 0) is 44.4 Å². The standard InChI is InChI=1S/C22H36F2N4O2/c1-13-3-4-19(24)18-12-20(26-21(13)18)22(30)25-16-9-15(23)10-17(11-16)28-7-5-27(6-8-28)14(2)29/h13,15-21,26H,3-12H2,1-2H3,(H,25,30). The molecule has 4 aliphatic rings. The third kappa shape index (κ3) is 4.64. The monoisotopic (exact) mass is 426 g/mol. The van der Waals surface area contributed by atoms with Crippen molar-refractivity contribution in [2.45, 2.75) is 88.9 Å². The van der Waals surface area contributed by atoms with Crippen LogP contribution in [-0.4, -0.2) is 84.3 Å². The van der Waals surface area contributed by atoms with Crippen LogP contribution in [0.25, 0.3) is 0 Å². The molecule has 0 radical (unpaired) electrons. The fourth-order valence-corrected chi connectivity index (χ4v) is 6.14. The van der Waals surface area contributed by atoms with E-state index in [2.05, 4.69) is 22.5 Å². The first-order valence-electron chi connectivity index (χ1n) is 11.7. The van der Waals surface area contributed by atoms with Crippen LogP contribution in [0.1, 0.15) is 52.4 Å². The molecule has 0 bridgehead atoms. The van der Waals surface area contributed by atoms with Crippen LogP contribution < -0.4 is 10.6 Å². The van der Waals surface area contributed by atoms with E-state index in [0.29, 0.717) is 44.7 Å². The zero-order valence-electron chi connectivity index (χ0n) is 18.2. The Balaban J connectivity index is 1.31. The van der Waals surface area contributed by atoms with Crippen molar-refractivity contribution in [1.82, 2.24) is 20.4 Å². The Morgan fingerprint density at radius 1 is 1.00 bits per heavy atom. The van der Waals surface area contributed by atoms with Gasteiger partial charge in [0.25, 0.3) is 0 Å². The minimum atomic E-state index is -0.936. The first-order chi connectivity index (χ1) is 14.3. The number of nitrogens with one attached hydrogen (secondary N) is 2. The Morgan fingerprint density at radius 2 is 1.73 bits per heavy atom. The molecule has 2 saturated heterocycles. The van der Waals surface area contributed by atoms with Gasteiger partial charge < -0.3 is 15.5 Å². The molecule has 0 aromatic heterocycles. The quantitative estimate of drug-likeness (QED) is 0.720. The average molecular weight is 427 g/mol. The Labute approximate surface area is 178 Å². The number of nitrogens with zero attached hydrogens (tertiary/aromatic N) is 2. The largest absolute Gasteiger partial charge is 0.352 e. The molecule has 2 aliphatic heterocycles. The lowest BCUT2D eigenvalue weighted by Gasteiger charge is -2.43. The molecule has 2 aliphatic carbocycles. The van der Waals surface area contributed by atoms with Crippen LogP contribution in [0, 0.1) is 11.8 Å². The van der Waals surface area contributed by atoms with E-state index in [1.807, 2.05) is 4.90 Å². The minimum Gasteiger partial charge on any atom is -0.352 e. The molecule has 170 valence electrons. The molecule has 8 heteroatoms. The van der Waals surface area contributed by atoms with Crippen LogP contribution in [0.2, 0.25) is 0 Å². The van der Waals surface area contributed by atoms with Gasteiger partial charge in [0.2, 0.25) is 11.8 Å². The van der Waals surface area contributed by atoms with E-state index in [-0.39, 0.29) is 41.9 Å². The fourth-order valence-electron chi connectivity index (χ4n) is 6.14. The number of hydrogen-bond acceptors (Lipinski definition) is 4. The van der Waals surface area contributed by atoms with Crippen molar-refractivity contribution in [3.8, 4) is 0 Å². The molecular weight excluding hydrogens is 390 g/mol. The highest BCUT2D eigenvalue weighted by molar-refractivity contribution is 5.82. The molecule has 8 unspecified atom stereocenters. The number of piperazine rings is 1. The van der Waals surface area contributed by atoms with Gasteiger partial charge in [0.15, 0.2) is 0 Å². The first kappa shape index (κ1) is 21.9. The summed E-state index contributed by atoms with van der Waals surface area (Å²) in [6, 6.07) is -0.422. The molecule has 6 nitrogen and oxygen atoms in total. The Hall–Kier alpha value is -1.28. The number of rotatable bonds is 3. The minimum absolute atomic E-state index is 0.0649. The first-order valence-corrected chi connectivity index (χ1v) is 11.7. The summed E-state index contributed by atoms with van der Waals surface area (Å²) in [6.45, 7) is 6.57. The van der Waals surface area contributed by atoms with Crippen molar-refractivity contribution in [2.75, 3.05) is 26.2 Å². The molecule has 2 amide bonds. The second-order valence-electron chi connectivity index (χ2n) is 9.92. The van der Waals surface area contributed by atoms with Gasteiger partial charge in [-0.2, -0.15) is 0 Å². The summed E-state index contributed by atoms with van der Waals surface area (Å²) in [6.07, 6.45) is 1.76. The van der Waals surface area contributed by atoms with Gasteiger partial charge in [0.05, 0.1) is 6.04 Å². The van der Waals surface area contributed by atoms with Crippen LogP contribution in [0.4, 0.5) is 8.78 Å². The van der Waals surface area contributed by atoms with E-state index in [9.17, 15) is 18.4 Å². The second-order valence-corrected chi connectivity index (χ2v) is 9.92. The van der Waals surface area contributed by atoms with E-state index in [0.717, 1.165) is 25.9 Å². The second kappa shape index (κ2) is 9.07. The summed E-state index contributed by atoms with van der Waals surface area (Å²) in [5.41, 5.74) is 0. The maximum Gasteiger partial charge on any atom is 0.237 e. The normalized spacial score (nSPS) is 42.6. The number of carbonyl (C=O) groups excluding carboxylic acids is 2. The lowest BCUT2D eigenvalue weighted by molar-refractivity contribution is -0.131. The molecule has 0 spiro atoms. The van der Waals surface area contributed by atoms with E-state index in [1.54, 1.807) is 6.92 Å². The van der Waals surface area contributed by atoms with Gasteiger partial charge in [0, 0.05) is 57.1 Å². The lowest BCUT2D eigenvalue weighted by Crippen LogP contribution is -2.56. The third-order valence-electron chi connectivity index (χ3n) is 7.90. The van der Waals surface area contributed by atoms with Crippen molar-refractivity contribution in [1.29, 1.82) is 0 Å². The summed E-state index contributed by atoms with van der Waals surface area (Å²) in [4.78, 5) is 28.5. The SMILES string of the molecule is CC(=O)N1CCN(C2CC(F)CC(NC(=O)C3CC4C(F)CCC(C)C4N3)C2)CC1. The number of amides is 2. The third-order valence-corrected chi connectivity index (χ3v) is 7.90. The van der Waals surface area contributed by atoms with Gasteiger partial charge in [-0.25, -0.2) is 8.78 Å². The maximum atomic E-state index is 14.5. The molecule has 4 rings (SSSR count). The number of alkyl halides is 2. The average Bonchev–Trinajstić information content (AvgIpc) is 3.17. The van der Waals surface area contributed by atoms with E-state index < -0.39 is 12.3 Å². The smallest absolute Gasteiger partial charge is 0.237 e. The topological polar surface area (TPSA) is 64.7 Å². The maximum absolute atomic E-state index is 14.5. The molecule has 2 saturated carbocycles. The van der Waals surface area contributed by atoms with Gasteiger partial charge in [-0.15, -0.1) is 0 Å². The molecule has 8 atom stereocenters. The molecular formula is C22H36F2N4O2. The van der Waals surface area contributed by atoms with Gasteiger partial charge in [0.1, 0.15) is 12.3 Å².